The minimum Gasteiger partial charge on any atom is -0.349 e. The molecule has 1 aliphatic heterocycles. The molecule has 2 aromatic carbocycles. The molecule has 146 valence electrons. The van der Waals surface area contributed by atoms with Crippen molar-refractivity contribution in [3.8, 4) is 0 Å². The Bertz CT molecular complexity index is 756. The van der Waals surface area contributed by atoms with Crippen LogP contribution in [0.3, 0.4) is 0 Å². The Morgan fingerprint density at radius 1 is 1.19 bits per heavy atom. The summed E-state index contributed by atoms with van der Waals surface area (Å²) in [6.45, 7) is 0.902. The van der Waals surface area contributed by atoms with Crippen molar-refractivity contribution in [3.63, 3.8) is 0 Å². The van der Waals surface area contributed by atoms with E-state index in [1.54, 1.807) is 24.3 Å². The first kappa shape index (κ1) is 21.7. The lowest BCUT2D eigenvalue weighted by atomic mass is 9.98. The lowest BCUT2D eigenvalue weighted by Gasteiger charge is -2.25. The normalized spacial score (nSPS) is 17.6. The number of amides is 1. The maximum atomic E-state index is 13.7. The molecule has 3 nitrogen and oxygen atoms in total. The smallest absolute Gasteiger partial charge is 0.222 e. The van der Waals surface area contributed by atoms with Gasteiger partial charge in [-0.3, -0.25) is 4.79 Å². The van der Waals surface area contributed by atoms with Gasteiger partial charge in [0.15, 0.2) is 0 Å². The van der Waals surface area contributed by atoms with Crippen molar-refractivity contribution in [2.24, 2.45) is 0 Å². The number of carbonyl (C=O) groups is 1. The number of nitrogens with one attached hydrogen (secondary N) is 2. The van der Waals surface area contributed by atoms with Crippen LogP contribution in [0.2, 0.25) is 0 Å². The summed E-state index contributed by atoms with van der Waals surface area (Å²) in [6, 6.07) is 12.2. The summed E-state index contributed by atoms with van der Waals surface area (Å²) >= 11 is 1.83. The van der Waals surface area contributed by atoms with Gasteiger partial charge in [-0.25, -0.2) is 8.78 Å². The van der Waals surface area contributed by atoms with Gasteiger partial charge in [0.2, 0.25) is 5.91 Å². The maximum absolute atomic E-state index is 13.7. The van der Waals surface area contributed by atoms with Gasteiger partial charge in [-0.1, -0.05) is 24.3 Å². The van der Waals surface area contributed by atoms with Crippen LogP contribution in [0.4, 0.5) is 8.78 Å². The topological polar surface area (TPSA) is 41.1 Å². The summed E-state index contributed by atoms with van der Waals surface area (Å²) in [6.07, 6.45) is 0.780. The monoisotopic (exact) mass is 412 g/mol. The number of carbonyl (C=O) groups excluding carboxylic acids is 1. The van der Waals surface area contributed by atoms with Crippen LogP contribution in [0, 0.1) is 11.6 Å². The third-order valence-electron chi connectivity index (χ3n) is 4.35. The van der Waals surface area contributed by atoms with Gasteiger partial charge in [0.25, 0.3) is 0 Å². The van der Waals surface area contributed by atoms with E-state index in [0.29, 0.717) is 18.4 Å². The molecular formula is C20H23ClF2N2OS. The quantitative estimate of drug-likeness (QED) is 0.756. The van der Waals surface area contributed by atoms with E-state index >= 15 is 0 Å². The van der Waals surface area contributed by atoms with Crippen molar-refractivity contribution in [1.29, 1.82) is 0 Å². The van der Waals surface area contributed by atoms with Gasteiger partial charge in [0, 0.05) is 30.5 Å². The average Bonchev–Trinajstić information content (AvgIpc) is 2.62. The second-order valence-electron chi connectivity index (χ2n) is 6.44. The van der Waals surface area contributed by atoms with Gasteiger partial charge in [-0.15, -0.1) is 12.4 Å². The predicted molar refractivity (Wildman–Crippen MR) is 108 cm³/mol. The van der Waals surface area contributed by atoms with E-state index in [1.807, 2.05) is 11.8 Å². The van der Waals surface area contributed by atoms with Gasteiger partial charge < -0.3 is 10.6 Å². The maximum Gasteiger partial charge on any atom is 0.222 e. The zero-order valence-corrected chi connectivity index (χ0v) is 16.4. The fourth-order valence-electron chi connectivity index (χ4n) is 3.10. The molecule has 1 heterocycles. The van der Waals surface area contributed by atoms with Crippen LogP contribution < -0.4 is 10.6 Å². The summed E-state index contributed by atoms with van der Waals surface area (Å²) in [4.78, 5) is 12.5. The average molecular weight is 413 g/mol. The van der Waals surface area contributed by atoms with Crippen molar-refractivity contribution in [2.75, 3.05) is 18.1 Å². The van der Waals surface area contributed by atoms with E-state index in [1.165, 1.54) is 24.3 Å². The van der Waals surface area contributed by atoms with E-state index in [4.69, 9.17) is 0 Å². The van der Waals surface area contributed by atoms with Crippen LogP contribution in [0.25, 0.3) is 0 Å². The molecule has 2 atom stereocenters. The Morgan fingerprint density at radius 3 is 2.59 bits per heavy atom. The zero-order valence-electron chi connectivity index (χ0n) is 14.8. The van der Waals surface area contributed by atoms with Crippen LogP contribution in [0.15, 0.2) is 48.5 Å². The van der Waals surface area contributed by atoms with E-state index < -0.39 is 6.04 Å². The number of rotatable bonds is 6. The van der Waals surface area contributed by atoms with Gasteiger partial charge in [0.1, 0.15) is 11.6 Å². The first-order valence-corrected chi connectivity index (χ1v) is 9.86. The molecule has 0 spiro atoms. The fourth-order valence-corrected chi connectivity index (χ4v) is 4.05. The van der Waals surface area contributed by atoms with Crippen LogP contribution in [-0.2, 0) is 11.2 Å². The number of benzene rings is 2. The number of thioether (sulfide) groups is 1. The van der Waals surface area contributed by atoms with E-state index in [-0.39, 0.29) is 36.0 Å². The Hall–Kier alpha value is -1.63. The van der Waals surface area contributed by atoms with Crippen LogP contribution >= 0.6 is 24.2 Å². The second-order valence-corrected chi connectivity index (χ2v) is 7.59. The summed E-state index contributed by atoms with van der Waals surface area (Å²) in [5, 5.41) is 6.34. The van der Waals surface area contributed by atoms with Crippen LogP contribution in [0.1, 0.15) is 23.6 Å². The Kier molecular flexibility index (Phi) is 8.54. The molecule has 2 N–H and O–H groups in total. The molecule has 1 saturated heterocycles. The summed E-state index contributed by atoms with van der Waals surface area (Å²) in [5.41, 5.74) is 1.43. The summed E-state index contributed by atoms with van der Waals surface area (Å²) in [5.74, 6) is 1.20. The minimum atomic E-state index is -0.406. The molecule has 0 saturated carbocycles. The Morgan fingerprint density at radius 2 is 1.93 bits per heavy atom. The Labute approximate surface area is 168 Å². The molecular weight excluding hydrogens is 390 g/mol. The van der Waals surface area contributed by atoms with Crippen molar-refractivity contribution in [3.05, 3.63) is 71.3 Å². The minimum absolute atomic E-state index is 0. The zero-order chi connectivity index (χ0) is 18.4. The van der Waals surface area contributed by atoms with E-state index in [0.717, 1.165) is 23.6 Å². The molecule has 1 amide bonds. The molecule has 3 rings (SSSR count). The third kappa shape index (κ3) is 6.79. The highest BCUT2D eigenvalue weighted by atomic mass is 35.5. The number of hydrogen-bond donors (Lipinski definition) is 2. The lowest BCUT2D eigenvalue weighted by Crippen LogP contribution is -2.42. The highest BCUT2D eigenvalue weighted by molar-refractivity contribution is 7.99. The van der Waals surface area contributed by atoms with Gasteiger partial charge >= 0.3 is 0 Å². The van der Waals surface area contributed by atoms with E-state index in [9.17, 15) is 13.6 Å². The highest BCUT2D eigenvalue weighted by Crippen LogP contribution is 2.21. The van der Waals surface area contributed by atoms with Gasteiger partial charge in [0.05, 0.1) is 6.04 Å². The van der Waals surface area contributed by atoms with Crippen LogP contribution in [-0.4, -0.2) is 30.0 Å². The summed E-state index contributed by atoms with van der Waals surface area (Å²) < 4.78 is 27.2. The first-order chi connectivity index (χ1) is 12.6. The summed E-state index contributed by atoms with van der Waals surface area (Å²) in [7, 11) is 0. The molecule has 0 radical (unpaired) electrons. The second kappa shape index (κ2) is 10.6. The van der Waals surface area contributed by atoms with Crippen LogP contribution in [0.5, 0.6) is 0 Å². The van der Waals surface area contributed by atoms with Gasteiger partial charge in [-0.2, -0.15) is 11.8 Å². The van der Waals surface area contributed by atoms with Crippen molar-refractivity contribution < 1.29 is 13.6 Å². The largest absolute Gasteiger partial charge is 0.349 e. The fraction of sp³-hybridized carbons (Fsp3) is 0.350. The predicted octanol–water partition coefficient (Wildman–Crippen LogP) is 3.88. The SMILES string of the molecule is Cl.O=C(CC1CSCCN1)NC(Cc1cccc(F)c1)c1cccc(F)c1. The molecule has 27 heavy (non-hydrogen) atoms. The molecule has 0 aromatic heterocycles. The molecule has 1 aliphatic rings. The molecule has 2 unspecified atom stereocenters. The first-order valence-electron chi connectivity index (χ1n) is 8.70. The lowest BCUT2D eigenvalue weighted by molar-refractivity contribution is -0.122. The number of hydrogen-bond acceptors (Lipinski definition) is 3. The highest BCUT2D eigenvalue weighted by Gasteiger charge is 2.20. The van der Waals surface area contributed by atoms with Crippen molar-refractivity contribution >= 4 is 30.1 Å². The molecule has 2 aromatic rings. The molecule has 7 heteroatoms. The van der Waals surface area contributed by atoms with Crippen molar-refractivity contribution in [1.82, 2.24) is 10.6 Å². The van der Waals surface area contributed by atoms with Gasteiger partial charge in [-0.05, 0) is 41.8 Å². The Balaban J connectivity index is 0.00000261. The molecule has 1 fully saturated rings. The standard InChI is InChI=1S/C20H22F2N2OS.ClH/c21-16-5-1-3-14(9-16)10-19(15-4-2-6-17(22)11-15)24-20(25)12-18-13-26-8-7-23-18;/h1-6,9,11,18-19,23H,7-8,10,12-13H2,(H,24,25);1H. The number of halogens is 3. The molecule has 0 aliphatic carbocycles. The van der Waals surface area contributed by atoms with Crippen molar-refractivity contribution in [2.45, 2.75) is 24.9 Å². The molecule has 0 bridgehead atoms. The third-order valence-corrected chi connectivity index (χ3v) is 5.48. The van der Waals surface area contributed by atoms with E-state index in [2.05, 4.69) is 10.6 Å².